The Morgan fingerprint density at radius 3 is 1.47 bits per heavy atom. The minimum absolute atomic E-state index is 1.13. The highest BCUT2D eigenvalue weighted by atomic mass is 32.1. The Balaban J connectivity index is 1.39. The van der Waals surface area contributed by atoms with Gasteiger partial charge in [0.15, 0.2) is 0 Å². The van der Waals surface area contributed by atoms with E-state index in [-0.39, 0.29) is 0 Å². The maximum absolute atomic E-state index is 2.28. The number of anilines is 3. The molecule has 0 atom stereocenters. The van der Waals surface area contributed by atoms with Crippen LogP contribution in [0.2, 0.25) is 0 Å². The molecule has 0 aliphatic carbocycles. The summed E-state index contributed by atoms with van der Waals surface area (Å²) in [6.07, 6.45) is 8.72. The topological polar surface area (TPSA) is 3.24 Å². The lowest BCUT2D eigenvalue weighted by molar-refractivity contribution is 1.28. The fourth-order valence-corrected chi connectivity index (χ4v) is 4.52. The van der Waals surface area contributed by atoms with E-state index in [2.05, 4.69) is 143 Å². The average molecular weight is 456 g/mol. The van der Waals surface area contributed by atoms with Gasteiger partial charge in [-0.15, -0.1) is 0 Å². The van der Waals surface area contributed by atoms with Crippen LogP contribution >= 0.6 is 11.3 Å². The first-order chi connectivity index (χ1) is 16.9. The summed E-state index contributed by atoms with van der Waals surface area (Å²) >= 11 is 1.72. The molecule has 0 bridgehead atoms. The molecule has 0 aliphatic rings. The van der Waals surface area contributed by atoms with E-state index in [0.717, 1.165) is 17.1 Å². The van der Waals surface area contributed by atoms with E-state index in [1.54, 1.807) is 11.3 Å². The Morgan fingerprint density at radius 1 is 0.441 bits per heavy atom. The van der Waals surface area contributed by atoms with Gasteiger partial charge in [0, 0.05) is 17.1 Å². The van der Waals surface area contributed by atoms with Crippen molar-refractivity contribution in [3.05, 3.63) is 148 Å². The molecule has 4 aromatic carbocycles. The number of rotatable bonds is 7. The van der Waals surface area contributed by atoms with E-state index in [4.69, 9.17) is 0 Å². The first-order valence-electron chi connectivity index (χ1n) is 11.3. The molecular weight excluding hydrogens is 430 g/mol. The van der Waals surface area contributed by atoms with Crippen molar-refractivity contribution in [3.8, 4) is 0 Å². The molecule has 0 unspecified atom stereocenters. The molecule has 0 radical (unpaired) electrons. The Morgan fingerprint density at radius 2 is 0.941 bits per heavy atom. The van der Waals surface area contributed by atoms with Crippen molar-refractivity contribution in [2.24, 2.45) is 0 Å². The molecule has 0 N–H and O–H groups in total. The number of thiophene rings is 1. The lowest BCUT2D eigenvalue weighted by Crippen LogP contribution is -2.09. The van der Waals surface area contributed by atoms with Gasteiger partial charge in [-0.2, -0.15) is 11.3 Å². The van der Waals surface area contributed by atoms with Gasteiger partial charge in [-0.25, -0.2) is 0 Å². The number of nitrogens with zero attached hydrogens (tertiary/aromatic N) is 1. The summed E-state index contributed by atoms with van der Waals surface area (Å²) in [5.41, 5.74) is 8.23. The van der Waals surface area contributed by atoms with E-state index < -0.39 is 0 Å². The SMILES string of the molecule is C(=C\c1ccccc1/C=C/c1ccsc1)/c1ccc(N(c2ccccc2)c2ccccc2)cc1. The zero-order chi connectivity index (χ0) is 23.0. The standard InChI is InChI=1S/C32H25NS/c1-3-11-30(12-4-1)33(31-13-5-2-6-14-31)32-21-17-26(18-22-32)15-19-28-9-7-8-10-29(28)20-16-27-23-24-34-25-27/h1-25H/b19-15+,20-16+. The Hall–Kier alpha value is -4.14. The molecule has 0 aliphatic heterocycles. The van der Waals surface area contributed by atoms with E-state index in [1.807, 2.05) is 12.1 Å². The quantitative estimate of drug-likeness (QED) is 0.221. The van der Waals surface area contributed by atoms with Crippen molar-refractivity contribution >= 4 is 52.7 Å². The summed E-state index contributed by atoms with van der Waals surface area (Å²) in [4.78, 5) is 2.28. The van der Waals surface area contributed by atoms with Crippen LogP contribution in [0.1, 0.15) is 22.3 Å². The zero-order valence-corrected chi connectivity index (χ0v) is 19.6. The van der Waals surface area contributed by atoms with Crippen LogP contribution in [0, 0.1) is 0 Å². The second-order valence-electron chi connectivity index (χ2n) is 7.95. The van der Waals surface area contributed by atoms with Crippen LogP contribution in [0.5, 0.6) is 0 Å². The molecule has 0 saturated heterocycles. The smallest absolute Gasteiger partial charge is 0.0462 e. The highest BCUT2D eigenvalue weighted by Gasteiger charge is 2.11. The molecule has 5 rings (SSSR count). The maximum atomic E-state index is 2.28. The highest BCUT2D eigenvalue weighted by molar-refractivity contribution is 7.08. The van der Waals surface area contributed by atoms with Gasteiger partial charge < -0.3 is 4.90 Å². The van der Waals surface area contributed by atoms with Gasteiger partial charge in [0.2, 0.25) is 0 Å². The first kappa shape index (κ1) is 21.7. The summed E-state index contributed by atoms with van der Waals surface area (Å²) < 4.78 is 0. The van der Waals surface area contributed by atoms with Gasteiger partial charge in [-0.3, -0.25) is 0 Å². The van der Waals surface area contributed by atoms with E-state index in [1.165, 1.54) is 22.3 Å². The van der Waals surface area contributed by atoms with E-state index in [9.17, 15) is 0 Å². The molecule has 34 heavy (non-hydrogen) atoms. The van der Waals surface area contributed by atoms with E-state index >= 15 is 0 Å². The highest BCUT2D eigenvalue weighted by Crippen LogP contribution is 2.34. The van der Waals surface area contributed by atoms with Gasteiger partial charge in [-0.05, 0) is 75.5 Å². The second-order valence-corrected chi connectivity index (χ2v) is 8.73. The van der Waals surface area contributed by atoms with Crippen molar-refractivity contribution in [2.45, 2.75) is 0 Å². The number of benzene rings is 4. The van der Waals surface area contributed by atoms with Crippen LogP contribution in [-0.4, -0.2) is 0 Å². The van der Waals surface area contributed by atoms with Gasteiger partial charge >= 0.3 is 0 Å². The first-order valence-corrected chi connectivity index (χ1v) is 12.3. The number of hydrogen-bond donors (Lipinski definition) is 0. The molecule has 1 nitrogen and oxygen atoms in total. The molecule has 164 valence electrons. The van der Waals surface area contributed by atoms with Crippen molar-refractivity contribution in [2.75, 3.05) is 4.90 Å². The number of hydrogen-bond acceptors (Lipinski definition) is 2. The lowest BCUT2D eigenvalue weighted by atomic mass is 10.0. The fraction of sp³-hybridized carbons (Fsp3) is 0. The van der Waals surface area contributed by atoms with Crippen LogP contribution in [-0.2, 0) is 0 Å². The van der Waals surface area contributed by atoms with E-state index in [0.29, 0.717) is 0 Å². The van der Waals surface area contributed by atoms with Crippen LogP contribution in [0.15, 0.2) is 126 Å². The predicted molar refractivity (Wildman–Crippen MR) is 150 cm³/mol. The minimum Gasteiger partial charge on any atom is -0.311 e. The van der Waals surface area contributed by atoms with Crippen molar-refractivity contribution in [1.29, 1.82) is 0 Å². The Kier molecular flexibility index (Phi) is 6.80. The summed E-state index contributed by atoms with van der Waals surface area (Å²) in [7, 11) is 0. The summed E-state index contributed by atoms with van der Waals surface area (Å²) in [6, 6.07) is 40.3. The van der Waals surface area contributed by atoms with Crippen molar-refractivity contribution < 1.29 is 0 Å². The predicted octanol–water partition coefficient (Wildman–Crippen LogP) is 9.56. The third-order valence-electron chi connectivity index (χ3n) is 5.63. The largest absolute Gasteiger partial charge is 0.311 e. The summed E-state index contributed by atoms with van der Waals surface area (Å²) in [6.45, 7) is 0. The average Bonchev–Trinajstić information content (AvgIpc) is 3.43. The van der Waals surface area contributed by atoms with Gasteiger partial charge in [0.1, 0.15) is 0 Å². The molecule has 0 fully saturated rings. The molecular formula is C32H25NS. The van der Waals surface area contributed by atoms with Crippen LogP contribution in [0.4, 0.5) is 17.1 Å². The van der Waals surface area contributed by atoms with Crippen LogP contribution in [0.3, 0.4) is 0 Å². The molecule has 0 spiro atoms. The van der Waals surface area contributed by atoms with Gasteiger partial charge in [-0.1, -0.05) is 97.1 Å². The normalized spacial score (nSPS) is 11.3. The second kappa shape index (κ2) is 10.7. The maximum Gasteiger partial charge on any atom is 0.0462 e. The third kappa shape index (κ3) is 5.25. The van der Waals surface area contributed by atoms with Gasteiger partial charge in [0.25, 0.3) is 0 Å². The van der Waals surface area contributed by atoms with Crippen molar-refractivity contribution in [3.63, 3.8) is 0 Å². The van der Waals surface area contributed by atoms with Crippen LogP contribution in [0.25, 0.3) is 24.3 Å². The summed E-state index contributed by atoms with van der Waals surface area (Å²) in [5.74, 6) is 0. The molecule has 2 heteroatoms. The monoisotopic (exact) mass is 455 g/mol. The molecule has 0 saturated carbocycles. The fourth-order valence-electron chi connectivity index (χ4n) is 3.89. The Labute approximate surface area is 205 Å². The molecule has 0 amide bonds. The molecule has 1 heterocycles. The molecule has 5 aromatic rings. The zero-order valence-electron chi connectivity index (χ0n) is 18.8. The third-order valence-corrected chi connectivity index (χ3v) is 6.33. The number of para-hydroxylation sites is 2. The lowest BCUT2D eigenvalue weighted by Gasteiger charge is -2.25. The Bertz CT molecular complexity index is 1330. The van der Waals surface area contributed by atoms with Crippen molar-refractivity contribution in [1.82, 2.24) is 0 Å². The van der Waals surface area contributed by atoms with Gasteiger partial charge in [0.05, 0.1) is 0 Å². The molecule has 1 aromatic heterocycles. The minimum atomic E-state index is 1.13. The van der Waals surface area contributed by atoms with Crippen LogP contribution < -0.4 is 4.90 Å². The summed E-state index contributed by atoms with van der Waals surface area (Å²) in [5, 5.41) is 4.26.